The van der Waals surface area contributed by atoms with E-state index in [1.165, 1.54) is 12.1 Å². The number of hydrogen-bond acceptors (Lipinski definition) is 5. The SMILES string of the molecule is N=C(C(=O)C1CCN(c2ccncc2)CC1)C1CCN(c2ccc(C(F)(F)F)cc2)C1. The second-order valence-corrected chi connectivity index (χ2v) is 8.22. The van der Waals surface area contributed by atoms with Gasteiger partial charge in [-0.2, -0.15) is 13.2 Å². The summed E-state index contributed by atoms with van der Waals surface area (Å²) in [5, 5.41) is 8.46. The van der Waals surface area contributed by atoms with Gasteiger partial charge in [0.1, 0.15) is 0 Å². The molecule has 3 heterocycles. The van der Waals surface area contributed by atoms with Gasteiger partial charge in [0.2, 0.25) is 0 Å². The van der Waals surface area contributed by atoms with Gasteiger partial charge in [-0.1, -0.05) is 0 Å². The average Bonchev–Trinajstić information content (AvgIpc) is 3.29. The molecule has 0 aliphatic carbocycles. The Labute approximate surface area is 179 Å². The van der Waals surface area contributed by atoms with Gasteiger partial charge in [-0.25, -0.2) is 0 Å². The number of piperidine rings is 1. The molecule has 5 nitrogen and oxygen atoms in total. The van der Waals surface area contributed by atoms with Gasteiger partial charge in [-0.3, -0.25) is 9.78 Å². The molecule has 1 aromatic carbocycles. The van der Waals surface area contributed by atoms with E-state index in [0.717, 1.165) is 43.8 Å². The molecule has 0 saturated carbocycles. The highest BCUT2D eigenvalue weighted by Gasteiger charge is 2.35. The molecule has 1 N–H and O–H groups in total. The zero-order valence-corrected chi connectivity index (χ0v) is 17.1. The van der Waals surface area contributed by atoms with Gasteiger partial charge in [-0.15, -0.1) is 0 Å². The maximum atomic E-state index is 12.9. The first kappa shape index (κ1) is 21.3. The van der Waals surface area contributed by atoms with Crippen molar-refractivity contribution in [2.75, 3.05) is 36.0 Å². The molecule has 2 aliphatic rings. The number of carbonyl (C=O) groups is 1. The minimum absolute atomic E-state index is 0.0753. The van der Waals surface area contributed by atoms with Crippen molar-refractivity contribution < 1.29 is 18.0 Å². The van der Waals surface area contributed by atoms with Crippen LogP contribution in [0.4, 0.5) is 24.5 Å². The van der Waals surface area contributed by atoms with Gasteiger partial charge in [0.25, 0.3) is 0 Å². The van der Waals surface area contributed by atoms with Crippen molar-refractivity contribution in [3.8, 4) is 0 Å². The monoisotopic (exact) mass is 430 g/mol. The van der Waals surface area contributed by atoms with E-state index in [1.807, 2.05) is 17.0 Å². The Morgan fingerprint density at radius 3 is 2.03 bits per heavy atom. The fourth-order valence-corrected chi connectivity index (χ4v) is 4.47. The van der Waals surface area contributed by atoms with Crippen LogP contribution < -0.4 is 9.80 Å². The van der Waals surface area contributed by atoms with Gasteiger partial charge >= 0.3 is 6.18 Å². The highest BCUT2D eigenvalue weighted by molar-refractivity contribution is 6.40. The number of Topliss-reactive ketones (excluding diaryl/α,β-unsaturated/α-hetero) is 1. The number of carbonyl (C=O) groups excluding carboxylic acids is 1. The zero-order valence-electron chi connectivity index (χ0n) is 17.1. The number of nitrogens with one attached hydrogen (secondary N) is 1. The smallest absolute Gasteiger partial charge is 0.371 e. The third kappa shape index (κ3) is 4.73. The zero-order chi connectivity index (χ0) is 22.0. The lowest BCUT2D eigenvalue weighted by atomic mass is 9.85. The predicted octanol–water partition coefficient (Wildman–Crippen LogP) is 4.43. The standard InChI is InChI=1S/C23H25F3N4O/c24-23(25,26)18-1-3-19(4-2-18)30-14-9-17(15-30)21(27)22(31)16-7-12-29(13-8-16)20-5-10-28-11-6-20/h1-6,10-11,16-17,27H,7-9,12-15H2. The Morgan fingerprint density at radius 1 is 0.871 bits per heavy atom. The highest BCUT2D eigenvalue weighted by Crippen LogP contribution is 2.32. The van der Waals surface area contributed by atoms with Crippen LogP contribution in [0.2, 0.25) is 0 Å². The van der Waals surface area contributed by atoms with Crippen molar-refractivity contribution in [1.82, 2.24) is 4.98 Å². The number of halogens is 3. The first-order chi connectivity index (χ1) is 14.8. The molecule has 164 valence electrons. The van der Waals surface area contributed by atoms with Crippen LogP contribution in [-0.2, 0) is 11.0 Å². The third-order valence-electron chi connectivity index (χ3n) is 6.32. The van der Waals surface area contributed by atoms with Crippen LogP contribution in [0.3, 0.4) is 0 Å². The summed E-state index contributed by atoms with van der Waals surface area (Å²) in [5.41, 5.74) is 1.28. The summed E-state index contributed by atoms with van der Waals surface area (Å²) in [7, 11) is 0. The summed E-state index contributed by atoms with van der Waals surface area (Å²) in [6.07, 6.45) is 1.27. The maximum absolute atomic E-state index is 12.9. The molecule has 1 unspecified atom stereocenters. The summed E-state index contributed by atoms with van der Waals surface area (Å²) in [5.74, 6) is -0.382. The van der Waals surface area contributed by atoms with Crippen LogP contribution in [-0.4, -0.2) is 42.7 Å². The maximum Gasteiger partial charge on any atom is 0.416 e. The third-order valence-corrected chi connectivity index (χ3v) is 6.32. The molecule has 2 aliphatic heterocycles. The quantitative estimate of drug-likeness (QED) is 0.713. The molecule has 1 aromatic heterocycles. The number of nitrogens with zero attached hydrogens (tertiary/aromatic N) is 3. The van der Waals surface area contributed by atoms with Gasteiger partial charge in [0.05, 0.1) is 11.3 Å². The van der Waals surface area contributed by atoms with E-state index < -0.39 is 11.7 Å². The number of rotatable bonds is 5. The van der Waals surface area contributed by atoms with Gasteiger partial charge in [-0.05, 0) is 55.7 Å². The van der Waals surface area contributed by atoms with Gasteiger partial charge in [0, 0.05) is 61.8 Å². The second kappa shape index (κ2) is 8.69. The van der Waals surface area contributed by atoms with E-state index in [4.69, 9.17) is 5.41 Å². The molecule has 0 amide bonds. The van der Waals surface area contributed by atoms with Crippen molar-refractivity contribution in [3.05, 3.63) is 54.4 Å². The first-order valence-electron chi connectivity index (χ1n) is 10.5. The van der Waals surface area contributed by atoms with Crippen molar-refractivity contribution in [1.29, 1.82) is 5.41 Å². The van der Waals surface area contributed by atoms with Crippen molar-refractivity contribution in [3.63, 3.8) is 0 Å². The molecule has 1 atom stereocenters. The van der Waals surface area contributed by atoms with E-state index in [0.29, 0.717) is 25.2 Å². The van der Waals surface area contributed by atoms with Gasteiger partial charge in [0.15, 0.2) is 5.78 Å². The lowest BCUT2D eigenvalue weighted by Gasteiger charge is -2.33. The van der Waals surface area contributed by atoms with E-state index in [9.17, 15) is 18.0 Å². The predicted molar refractivity (Wildman–Crippen MR) is 114 cm³/mol. The van der Waals surface area contributed by atoms with E-state index in [-0.39, 0.29) is 23.3 Å². The first-order valence-corrected chi connectivity index (χ1v) is 10.5. The lowest BCUT2D eigenvalue weighted by Crippen LogP contribution is -2.40. The number of hydrogen-bond donors (Lipinski definition) is 1. The van der Waals surface area contributed by atoms with Crippen molar-refractivity contribution in [2.24, 2.45) is 11.8 Å². The van der Waals surface area contributed by atoms with Gasteiger partial charge < -0.3 is 15.2 Å². The molecule has 0 radical (unpaired) electrons. The van der Waals surface area contributed by atoms with Crippen LogP contribution in [0.5, 0.6) is 0 Å². The van der Waals surface area contributed by atoms with E-state index >= 15 is 0 Å². The highest BCUT2D eigenvalue weighted by atomic mass is 19.4. The van der Waals surface area contributed by atoms with Crippen molar-refractivity contribution >= 4 is 22.9 Å². The van der Waals surface area contributed by atoms with Crippen molar-refractivity contribution in [2.45, 2.75) is 25.4 Å². The largest absolute Gasteiger partial charge is 0.416 e. The molecule has 2 aromatic rings. The molecular formula is C23H25F3N4O. The van der Waals surface area contributed by atoms with E-state index in [2.05, 4.69) is 9.88 Å². The summed E-state index contributed by atoms with van der Waals surface area (Å²) >= 11 is 0. The number of aromatic nitrogens is 1. The minimum atomic E-state index is -4.35. The normalized spacial score (nSPS) is 20.2. The molecule has 0 bridgehead atoms. The lowest BCUT2D eigenvalue weighted by molar-refractivity contribution is -0.137. The number of anilines is 2. The van der Waals surface area contributed by atoms with Crippen LogP contribution in [0.1, 0.15) is 24.8 Å². The average molecular weight is 430 g/mol. The summed E-state index contributed by atoms with van der Waals surface area (Å²) in [4.78, 5) is 21.2. The minimum Gasteiger partial charge on any atom is -0.371 e. The summed E-state index contributed by atoms with van der Waals surface area (Å²) in [6.45, 7) is 2.67. The Morgan fingerprint density at radius 2 is 1.42 bits per heavy atom. The fourth-order valence-electron chi connectivity index (χ4n) is 4.47. The van der Waals surface area contributed by atoms with Crippen LogP contribution in [0.15, 0.2) is 48.8 Å². The summed E-state index contributed by atoms with van der Waals surface area (Å²) in [6, 6.07) is 9.00. The van der Waals surface area contributed by atoms with Crippen LogP contribution >= 0.6 is 0 Å². The Bertz CT molecular complexity index is 922. The number of ketones is 1. The van der Waals surface area contributed by atoms with Crippen LogP contribution in [0, 0.1) is 17.2 Å². The molecule has 31 heavy (non-hydrogen) atoms. The molecule has 2 saturated heterocycles. The number of benzene rings is 1. The molecule has 4 rings (SSSR count). The topological polar surface area (TPSA) is 60.3 Å². The number of alkyl halides is 3. The molecule has 0 spiro atoms. The second-order valence-electron chi connectivity index (χ2n) is 8.22. The Kier molecular flexibility index (Phi) is 5.98. The number of pyridine rings is 1. The summed E-state index contributed by atoms with van der Waals surface area (Å²) < 4.78 is 38.3. The van der Waals surface area contributed by atoms with Crippen LogP contribution in [0.25, 0.3) is 0 Å². The fraction of sp³-hybridized carbons (Fsp3) is 0.435. The molecular weight excluding hydrogens is 405 g/mol. The molecule has 2 fully saturated rings. The Hall–Kier alpha value is -2.90. The molecule has 8 heteroatoms. The Balaban J connectivity index is 1.31. The van der Waals surface area contributed by atoms with E-state index in [1.54, 1.807) is 12.4 Å².